The Hall–Kier alpha value is -3.72. The third kappa shape index (κ3) is 3.95. The summed E-state index contributed by atoms with van der Waals surface area (Å²) >= 11 is 0. The lowest BCUT2D eigenvalue weighted by molar-refractivity contribution is 0.0606. The van der Waals surface area contributed by atoms with Gasteiger partial charge in [0.2, 0.25) is 0 Å². The zero-order valence-corrected chi connectivity index (χ0v) is 19.9. The number of piperidine rings is 1. The van der Waals surface area contributed by atoms with E-state index in [0.29, 0.717) is 12.1 Å². The minimum atomic E-state index is -0.0968. The molecule has 0 bridgehead atoms. The Kier molecular flexibility index (Phi) is 5.49. The monoisotopic (exact) mass is 470 g/mol. The normalized spacial score (nSPS) is 20.6. The van der Waals surface area contributed by atoms with Gasteiger partial charge in [0.1, 0.15) is 5.82 Å². The number of nitrogens with one attached hydrogen (secondary N) is 1. The number of aromatic amines is 1. The number of nitrogens with zero attached hydrogens (tertiary/aromatic N) is 6. The number of aryl methyl sites for hydroxylation is 1. The van der Waals surface area contributed by atoms with Gasteiger partial charge in [-0.3, -0.25) is 9.89 Å². The quantitative estimate of drug-likeness (QED) is 0.474. The highest BCUT2D eigenvalue weighted by Crippen LogP contribution is 2.34. The van der Waals surface area contributed by atoms with Gasteiger partial charge in [-0.25, -0.2) is 9.50 Å². The third-order valence-corrected chi connectivity index (χ3v) is 7.19. The van der Waals surface area contributed by atoms with Crippen LogP contribution in [0.1, 0.15) is 53.3 Å². The Morgan fingerprint density at radius 2 is 2.00 bits per heavy atom. The maximum Gasteiger partial charge on any atom is 0.258 e. The minimum absolute atomic E-state index is 0.0183. The first-order valence-electron chi connectivity index (χ1n) is 12.4. The maximum absolute atomic E-state index is 13.8. The van der Waals surface area contributed by atoms with Crippen LogP contribution >= 0.6 is 0 Å². The van der Waals surface area contributed by atoms with Crippen LogP contribution in [0.4, 0.5) is 5.82 Å². The molecule has 1 amide bonds. The van der Waals surface area contributed by atoms with Crippen molar-refractivity contribution in [3.63, 3.8) is 0 Å². The molecule has 9 heteroatoms. The van der Waals surface area contributed by atoms with Gasteiger partial charge in [0.15, 0.2) is 5.65 Å². The molecule has 3 aromatic heterocycles. The number of hydrogen-bond donors (Lipinski definition) is 2. The van der Waals surface area contributed by atoms with Crippen LogP contribution in [0.3, 0.4) is 0 Å². The Labute approximate surface area is 203 Å². The van der Waals surface area contributed by atoms with E-state index in [1.807, 2.05) is 52.0 Å². The van der Waals surface area contributed by atoms with Crippen LogP contribution in [0.5, 0.6) is 0 Å². The number of carbonyl (C=O) groups is 1. The molecule has 2 fully saturated rings. The topological polar surface area (TPSA) is 108 Å². The van der Waals surface area contributed by atoms with Crippen molar-refractivity contribution >= 4 is 17.4 Å². The van der Waals surface area contributed by atoms with E-state index in [0.717, 1.165) is 72.8 Å². The molecule has 0 spiro atoms. The average Bonchev–Trinajstić information content (AvgIpc) is 3.63. The van der Waals surface area contributed by atoms with Crippen LogP contribution in [0.15, 0.2) is 48.8 Å². The lowest BCUT2D eigenvalue weighted by atomic mass is 9.97. The fourth-order valence-corrected chi connectivity index (χ4v) is 5.39. The number of carbonyl (C=O) groups excluding carboxylic acids is 1. The molecule has 5 heterocycles. The number of nitrogens with two attached hydrogens (primary N) is 1. The smallest absolute Gasteiger partial charge is 0.258 e. The predicted molar refractivity (Wildman–Crippen MR) is 134 cm³/mol. The molecular formula is C26H30N8O. The summed E-state index contributed by atoms with van der Waals surface area (Å²) in [6.45, 7) is 4.50. The second kappa shape index (κ2) is 8.81. The number of benzene rings is 1. The molecule has 35 heavy (non-hydrogen) atoms. The summed E-state index contributed by atoms with van der Waals surface area (Å²) in [6.07, 6.45) is 7.56. The van der Waals surface area contributed by atoms with E-state index in [1.54, 1.807) is 6.20 Å². The number of anilines is 1. The minimum Gasteiger partial charge on any atom is -0.355 e. The second-order valence-electron chi connectivity index (χ2n) is 9.65. The Morgan fingerprint density at radius 1 is 1.14 bits per heavy atom. The molecule has 2 aliphatic heterocycles. The number of rotatable bonds is 4. The van der Waals surface area contributed by atoms with Crippen molar-refractivity contribution in [2.24, 2.45) is 5.73 Å². The van der Waals surface area contributed by atoms with Crippen LogP contribution < -0.4 is 10.6 Å². The number of hydrogen-bond acceptors (Lipinski definition) is 6. The van der Waals surface area contributed by atoms with Gasteiger partial charge in [-0.05, 0) is 32.6 Å². The Balaban J connectivity index is 1.32. The van der Waals surface area contributed by atoms with E-state index >= 15 is 0 Å². The number of fused-ring (bicyclic) bond motifs is 1. The number of H-pyrrole nitrogens is 1. The molecule has 0 aliphatic carbocycles. The summed E-state index contributed by atoms with van der Waals surface area (Å²) < 4.78 is 1.84. The third-order valence-electron chi connectivity index (χ3n) is 7.19. The van der Waals surface area contributed by atoms with Crippen molar-refractivity contribution in [1.29, 1.82) is 0 Å². The zero-order chi connectivity index (χ0) is 23.9. The standard InChI is InChI=1S/C26H30N8O/c1-17-15-34-23(29-25(17)32-12-10-19(27)16-32)13-21(31-34)22-9-5-6-11-33(22)26(35)20-14-28-30-24(20)18-7-3-2-4-8-18/h2-4,7-8,13-15,19,22H,5-6,9-12,16,27H2,1H3,(H,28,30)/t19-,22-/m0/s1. The number of amides is 1. The van der Waals surface area contributed by atoms with Gasteiger partial charge < -0.3 is 15.5 Å². The molecule has 0 unspecified atom stereocenters. The van der Waals surface area contributed by atoms with Gasteiger partial charge in [0.25, 0.3) is 5.91 Å². The van der Waals surface area contributed by atoms with Crippen LogP contribution in [-0.2, 0) is 0 Å². The number of aromatic nitrogens is 5. The fraction of sp³-hybridized carbons (Fsp3) is 0.385. The van der Waals surface area contributed by atoms with Crippen LogP contribution in [0.2, 0.25) is 0 Å². The van der Waals surface area contributed by atoms with Gasteiger partial charge in [-0.2, -0.15) is 10.2 Å². The van der Waals surface area contributed by atoms with E-state index in [9.17, 15) is 4.79 Å². The van der Waals surface area contributed by atoms with Crippen molar-refractivity contribution in [2.75, 3.05) is 24.5 Å². The molecule has 4 aromatic rings. The molecule has 1 aromatic carbocycles. The summed E-state index contributed by atoms with van der Waals surface area (Å²) in [4.78, 5) is 22.9. The predicted octanol–water partition coefficient (Wildman–Crippen LogP) is 3.33. The lowest BCUT2D eigenvalue weighted by Gasteiger charge is -2.34. The van der Waals surface area contributed by atoms with Gasteiger partial charge in [-0.1, -0.05) is 30.3 Å². The maximum atomic E-state index is 13.8. The summed E-state index contributed by atoms with van der Waals surface area (Å²) in [7, 11) is 0. The Bertz CT molecular complexity index is 1360. The van der Waals surface area contributed by atoms with E-state index < -0.39 is 0 Å². The van der Waals surface area contributed by atoms with Crippen molar-refractivity contribution < 1.29 is 4.79 Å². The SMILES string of the molecule is Cc1cn2nc([C@@H]3CCCCN3C(=O)c3cn[nH]c3-c3ccccc3)cc2nc1N1CC[C@H](N)C1. The van der Waals surface area contributed by atoms with Crippen molar-refractivity contribution in [3.05, 3.63) is 65.6 Å². The summed E-state index contributed by atoms with van der Waals surface area (Å²) in [5.41, 5.74) is 11.2. The highest BCUT2D eigenvalue weighted by Gasteiger charge is 2.33. The molecule has 6 rings (SSSR count). The van der Waals surface area contributed by atoms with E-state index in [4.69, 9.17) is 15.8 Å². The van der Waals surface area contributed by atoms with E-state index in [1.165, 1.54) is 0 Å². The van der Waals surface area contributed by atoms with Gasteiger partial charge in [-0.15, -0.1) is 0 Å². The molecule has 2 atom stereocenters. The van der Waals surface area contributed by atoms with Gasteiger partial charge in [0, 0.05) is 49.1 Å². The van der Waals surface area contributed by atoms with Crippen molar-refractivity contribution in [2.45, 2.75) is 44.7 Å². The van der Waals surface area contributed by atoms with Crippen LogP contribution in [0.25, 0.3) is 16.9 Å². The summed E-state index contributed by atoms with van der Waals surface area (Å²) in [6, 6.07) is 12.0. The van der Waals surface area contributed by atoms with Crippen molar-refractivity contribution in [3.8, 4) is 11.3 Å². The second-order valence-corrected chi connectivity index (χ2v) is 9.65. The highest BCUT2D eigenvalue weighted by molar-refractivity contribution is 6.00. The molecule has 2 aliphatic rings. The van der Waals surface area contributed by atoms with Crippen molar-refractivity contribution in [1.82, 2.24) is 29.7 Å². The van der Waals surface area contributed by atoms with Crippen LogP contribution in [0, 0.1) is 6.92 Å². The summed E-state index contributed by atoms with van der Waals surface area (Å²) in [5.74, 6) is 0.953. The van der Waals surface area contributed by atoms with Gasteiger partial charge >= 0.3 is 0 Å². The molecule has 3 N–H and O–H groups in total. The molecule has 180 valence electrons. The van der Waals surface area contributed by atoms with E-state index in [-0.39, 0.29) is 18.0 Å². The average molecular weight is 471 g/mol. The molecule has 0 radical (unpaired) electrons. The van der Waals surface area contributed by atoms with Gasteiger partial charge in [0.05, 0.1) is 29.2 Å². The molecule has 9 nitrogen and oxygen atoms in total. The first-order chi connectivity index (χ1) is 17.1. The number of likely N-dealkylation sites (tertiary alicyclic amines) is 1. The first kappa shape index (κ1) is 21.8. The molecule has 2 saturated heterocycles. The summed E-state index contributed by atoms with van der Waals surface area (Å²) in [5, 5.41) is 12.1. The first-order valence-corrected chi connectivity index (χ1v) is 12.4. The van der Waals surface area contributed by atoms with Crippen LogP contribution in [-0.4, -0.2) is 61.3 Å². The lowest BCUT2D eigenvalue weighted by Crippen LogP contribution is -2.38. The zero-order valence-electron chi connectivity index (χ0n) is 19.9. The molecule has 0 saturated carbocycles. The largest absolute Gasteiger partial charge is 0.355 e. The van der Waals surface area contributed by atoms with E-state index in [2.05, 4.69) is 22.0 Å². The highest BCUT2D eigenvalue weighted by atomic mass is 16.2. The Morgan fingerprint density at radius 3 is 2.80 bits per heavy atom. The molecular weight excluding hydrogens is 440 g/mol. The fourth-order valence-electron chi connectivity index (χ4n) is 5.39.